The Morgan fingerprint density at radius 3 is 2.92 bits per heavy atom. The molecule has 1 N–H and O–H groups in total. The van der Waals surface area contributed by atoms with E-state index in [2.05, 4.69) is 15.4 Å². The van der Waals surface area contributed by atoms with Crippen LogP contribution in [0, 0.1) is 0 Å². The lowest BCUT2D eigenvalue weighted by Gasteiger charge is -2.28. The molecule has 0 radical (unpaired) electrons. The summed E-state index contributed by atoms with van der Waals surface area (Å²) in [5.74, 6) is 0.966. The maximum Gasteiger partial charge on any atom is 0.338 e. The molecule has 1 unspecified atom stereocenters. The van der Waals surface area contributed by atoms with Gasteiger partial charge in [-0.15, -0.1) is 0 Å². The first kappa shape index (κ1) is 17.0. The van der Waals surface area contributed by atoms with Crippen LogP contribution in [-0.4, -0.2) is 33.4 Å². The lowest BCUT2D eigenvalue weighted by Crippen LogP contribution is -2.29. The predicted octanol–water partition coefficient (Wildman–Crippen LogP) is 2.92. The zero-order chi connectivity index (χ0) is 18.0. The molecule has 1 aromatic heterocycles. The molecule has 0 aliphatic carbocycles. The molecule has 7 heteroatoms. The molecule has 7 nitrogen and oxygen atoms in total. The number of benzene rings is 1. The quantitative estimate of drug-likeness (QED) is 0.842. The van der Waals surface area contributed by atoms with Crippen molar-refractivity contribution in [2.75, 3.05) is 11.9 Å². The van der Waals surface area contributed by atoms with Crippen LogP contribution >= 0.6 is 0 Å². The van der Waals surface area contributed by atoms with Gasteiger partial charge in [-0.2, -0.15) is 10.1 Å². The highest BCUT2D eigenvalue weighted by atomic mass is 16.5. The van der Waals surface area contributed by atoms with Gasteiger partial charge >= 0.3 is 5.97 Å². The lowest BCUT2D eigenvalue weighted by molar-refractivity contribution is -0.139. The minimum atomic E-state index is -0.423. The largest absolute Gasteiger partial charge is 0.491 e. The minimum Gasteiger partial charge on any atom is -0.491 e. The SMILES string of the molecule is CCOC(=O)C1=C(C)Nc2ncnn2C1c1cccc(OC(C)C)c1. The number of carbonyl (C=O) groups is 1. The van der Waals surface area contributed by atoms with Crippen molar-refractivity contribution in [1.82, 2.24) is 14.8 Å². The van der Waals surface area contributed by atoms with Crippen LogP contribution in [0.4, 0.5) is 5.95 Å². The highest BCUT2D eigenvalue weighted by Gasteiger charge is 2.34. The number of fused-ring (bicyclic) bond motifs is 1. The Bertz CT molecular complexity index is 810. The molecule has 2 heterocycles. The van der Waals surface area contributed by atoms with E-state index in [1.165, 1.54) is 6.33 Å². The molecule has 0 spiro atoms. The van der Waals surface area contributed by atoms with Crippen LogP contribution in [0.25, 0.3) is 0 Å². The summed E-state index contributed by atoms with van der Waals surface area (Å²) in [5, 5.41) is 7.41. The molecule has 25 heavy (non-hydrogen) atoms. The first-order chi connectivity index (χ1) is 12.0. The Hall–Kier alpha value is -2.83. The Morgan fingerprint density at radius 1 is 1.40 bits per heavy atom. The molecule has 3 rings (SSSR count). The number of allylic oxidation sites excluding steroid dienone is 1. The summed E-state index contributed by atoms with van der Waals surface area (Å²) in [7, 11) is 0. The summed E-state index contributed by atoms with van der Waals surface area (Å²) in [6.07, 6.45) is 1.53. The molecule has 1 atom stereocenters. The fraction of sp³-hybridized carbons (Fsp3) is 0.389. The van der Waals surface area contributed by atoms with Crippen molar-refractivity contribution in [3.63, 3.8) is 0 Å². The first-order valence-electron chi connectivity index (χ1n) is 8.32. The zero-order valence-corrected chi connectivity index (χ0v) is 14.8. The molecular weight excluding hydrogens is 320 g/mol. The third kappa shape index (κ3) is 3.35. The van der Waals surface area contributed by atoms with Crippen LogP contribution < -0.4 is 10.1 Å². The van der Waals surface area contributed by atoms with Crippen LogP contribution in [0.15, 0.2) is 41.9 Å². The van der Waals surface area contributed by atoms with Crippen LogP contribution in [0.1, 0.15) is 39.3 Å². The maximum atomic E-state index is 12.6. The number of nitrogens with one attached hydrogen (secondary N) is 1. The van der Waals surface area contributed by atoms with Gasteiger partial charge in [-0.1, -0.05) is 12.1 Å². The van der Waals surface area contributed by atoms with Crippen molar-refractivity contribution in [3.8, 4) is 5.75 Å². The molecule has 0 bridgehead atoms. The number of rotatable bonds is 5. The third-order valence-electron chi connectivity index (χ3n) is 3.84. The summed E-state index contributed by atoms with van der Waals surface area (Å²) in [5.41, 5.74) is 2.11. The summed E-state index contributed by atoms with van der Waals surface area (Å²) < 4.78 is 12.7. The molecule has 1 aromatic carbocycles. The van der Waals surface area contributed by atoms with Gasteiger partial charge in [-0.3, -0.25) is 0 Å². The van der Waals surface area contributed by atoms with Crippen LogP contribution in [0.3, 0.4) is 0 Å². The van der Waals surface area contributed by atoms with Gasteiger partial charge in [-0.25, -0.2) is 9.48 Å². The summed E-state index contributed by atoms with van der Waals surface area (Å²) >= 11 is 0. The topological polar surface area (TPSA) is 78.3 Å². The van der Waals surface area contributed by atoms with E-state index in [1.54, 1.807) is 11.6 Å². The second-order valence-corrected chi connectivity index (χ2v) is 6.05. The summed E-state index contributed by atoms with van der Waals surface area (Å²) in [4.78, 5) is 16.8. The van der Waals surface area contributed by atoms with Gasteiger partial charge in [0.2, 0.25) is 5.95 Å². The fourth-order valence-corrected chi connectivity index (χ4v) is 2.90. The molecular formula is C18H22N4O3. The number of anilines is 1. The molecule has 132 valence electrons. The van der Waals surface area contributed by atoms with Crippen molar-refractivity contribution >= 4 is 11.9 Å². The first-order valence-corrected chi connectivity index (χ1v) is 8.32. The van der Waals surface area contributed by atoms with Crippen molar-refractivity contribution in [2.24, 2.45) is 0 Å². The number of aromatic nitrogens is 3. The van der Waals surface area contributed by atoms with Crippen LogP contribution in [-0.2, 0) is 9.53 Å². The van der Waals surface area contributed by atoms with E-state index in [4.69, 9.17) is 9.47 Å². The Kier molecular flexibility index (Phi) is 4.74. The molecule has 0 amide bonds. The number of hydrogen-bond donors (Lipinski definition) is 1. The van der Waals surface area contributed by atoms with Gasteiger partial charge in [0.1, 0.15) is 18.1 Å². The van der Waals surface area contributed by atoms with Crippen LogP contribution in [0.2, 0.25) is 0 Å². The number of hydrogen-bond acceptors (Lipinski definition) is 6. The van der Waals surface area contributed by atoms with Crippen molar-refractivity contribution in [3.05, 3.63) is 47.4 Å². The van der Waals surface area contributed by atoms with Gasteiger partial charge in [0, 0.05) is 5.70 Å². The minimum absolute atomic E-state index is 0.0620. The van der Waals surface area contributed by atoms with E-state index in [0.717, 1.165) is 11.3 Å². The van der Waals surface area contributed by atoms with E-state index in [9.17, 15) is 4.79 Å². The average molecular weight is 342 g/mol. The number of esters is 1. The molecule has 0 fully saturated rings. The Morgan fingerprint density at radius 2 is 2.20 bits per heavy atom. The predicted molar refractivity (Wildman–Crippen MR) is 93.3 cm³/mol. The highest BCUT2D eigenvalue weighted by Crippen LogP contribution is 2.36. The Labute approximate surface area is 146 Å². The van der Waals surface area contributed by atoms with Crippen molar-refractivity contribution in [2.45, 2.75) is 39.8 Å². The van der Waals surface area contributed by atoms with Gasteiger partial charge in [0.05, 0.1) is 18.3 Å². The second kappa shape index (κ2) is 6.96. The molecule has 1 aliphatic heterocycles. The van der Waals surface area contributed by atoms with E-state index < -0.39 is 6.04 Å². The van der Waals surface area contributed by atoms with Gasteiger partial charge in [0.15, 0.2) is 0 Å². The lowest BCUT2D eigenvalue weighted by atomic mass is 9.95. The maximum absolute atomic E-state index is 12.6. The number of ether oxygens (including phenoxy) is 2. The highest BCUT2D eigenvalue weighted by molar-refractivity contribution is 5.92. The number of carbonyl (C=O) groups excluding carboxylic acids is 1. The van der Waals surface area contributed by atoms with Gasteiger partial charge < -0.3 is 14.8 Å². The number of nitrogens with zero attached hydrogens (tertiary/aromatic N) is 3. The molecule has 0 saturated heterocycles. The van der Waals surface area contributed by atoms with Crippen LogP contribution in [0.5, 0.6) is 5.75 Å². The zero-order valence-electron chi connectivity index (χ0n) is 14.8. The molecule has 1 aliphatic rings. The van der Waals surface area contributed by atoms with Crippen molar-refractivity contribution in [1.29, 1.82) is 0 Å². The van der Waals surface area contributed by atoms with E-state index in [-0.39, 0.29) is 12.1 Å². The van der Waals surface area contributed by atoms with Crippen molar-refractivity contribution < 1.29 is 14.3 Å². The van der Waals surface area contributed by atoms with Gasteiger partial charge in [0.25, 0.3) is 0 Å². The normalized spacial score (nSPS) is 16.4. The fourth-order valence-electron chi connectivity index (χ4n) is 2.90. The van der Waals surface area contributed by atoms with E-state index in [0.29, 0.717) is 23.8 Å². The molecule has 0 saturated carbocycles. The summed E-state index contributed by atoms with van der Waals surface area (Å²) in [6.45, 7) is 7.88. The standard InChI is InChI=1S/C18H22N4O3/c1-5-24-17(23)15-12(4)21-18-19-10-20-22(18)16(15)13-7-6-8-14(9-13)25-11(2)3/h6-11,16H,5H2,1-4H3,(H,19,20,21). The Balaban J connectivity index is 2.09. The van der Waals surface area contributed by atoms with E-state index in [1.807, 2.05) is 45.0 Å². The third-order valence-corrected chi connectivity index (χ3v) is 3.84. The van der Waals surface area contributed by atoms with E-state index >= 15 is 0 Å². The molecule has 2 aromatic rings. The van der Waals surface area contributed by atoms with Gasteiger partial charge in [-0.05, 0) is 45.4 Å². The average Bonchev–Trinajstić information content (AvgIpc) is 3.01. The monoisotopic (exact) mass is 342 g/mol. The second-order valence-electron chi connectivity index (χ2n) is 6.05. The summed E-state index contributed by atoms with van der Waals surface area (Å²) in [6, 6.07) is 7.25. The smallest absolute Gasteiger partial charge is 0.338 e.